The number of carbonyl (C=O) groups is 2. The maximum absolute atomic E-state index is 12.4. The number of ketones is 2. The van der Waals surface area contributed by atoms with Gasteiger partial charge in [-0.15, -0.1) is 0 Å². The van der Waals surface area contributed by atoms with E-state index in [-0.39, 0.29) is 11.6 Å². The third-order valence-electron chi connectivity index (χ3n) is 8.38. The van der Waals surface area contributed by atoms with Crippen LogP contribution in [0.2, 0.25) is 0 Å². The van der Waals surface area contributed by atoms with Gasteiger partial charge in [0.15, 0.2) is 0 Å². The van der Waals surface area contributed by atoms with Crippen LogP contribution in [0.25, 0.3) is 0 Å². The molecule has 0 amide bonds. The molecule has 0 aromatic heterocycles. The molecular weight excluding hydrogens is 284 g/mol. The van der Waals surface area contributed by atoms with Gasteiger partial charge < -0.3 is 0 Å². The van der Waals surface area contributed by atoms with Crippen LogP contribution in [0.5, 0.6) is 0 Å². The standard InChI is InChI=1S/C21H30O2/c1-19(2)9-5-10-20(3)14-8-11-21(4)15(12-16(22)18(21)23)13(14)6-7-17(19)20/h12-14,17H,5-11H2,1-4H3/t13-,14+,17?,20-,21+/m1/s1. The highest BCUT2D eigenvalue weighted by Crippen LogP contribution is 2.66. The van der Waals surface area contributed by atoms with Crippen LogP contribution in [-0.4, -0.2) is 11.6 Å². The Kier molecular flexibility index (Phi) is 3.11. The van der Waals surface area contributed by atoms with Gasteiger partial charge in [-0.1, -0.05) is 27.2 Å². The second-order valence-corrected chi connectivity index (χ2v) is 9.85. The van der Waals surface area contributed by atoms with E-state index in [1.807, 2.05) is 6.92 Å². The lowest BCUT2D eigenvalue weighted by Crippen LogP contribution is -2.54. The summed E-state index contributed by atoms with van der Waals surface area (Å²) in [6.07, 6.45) is 10.2. The van der Waals surface area contributed by atoms with Crippen LogP contribution in [0.15, 0.2) is 11.6 Å². The summed E-state index contributed by atoms with van der Waals surface area (Å²) in [5, 5.41) is 0. The molecule has 0 aromatic carbocycles. The summed E-state index contributed by atoms with van der Waals surface area (Å²) in [7, 11) is 0. The first-order valence-corrected chi connectivity index (χ1v) is 9.51. The fourth-order valence-corrected chi connectivity index (χ4v) is 7.23. The van der Waals surface area contributed by atoms with E-state index in [4.69, 9.17) is 0 Å². The molecule has 3 fully saturated rings. The Morgan fingerprint density at radius 1 is 0.957 bits per heavy atom. The van der Waals surface area contributed by atoms with E-state index in [1.165, 1.54) is 37.7 Å². The Morgan fingerprint density at radius 2 is 1.70 bits per heavy atom. The molecule has 4 rings (SSSR count). The molecule has 126 valence electrons. The molecule has 2 nitrogen and oxygen atoms in total. The van der Waals surface area contributed by atoms with Gasteiger partial charge in [0, 0.05) is 0 Å². The van der Waals surface area contributed by atoms with Crippen molar-refractivity contribution in [2.45, 2.75) is 72.6 Å². The highest BCUT2D eigenvalue weighted by atomic mass is 16.2. The highest BCUT2D eigenvalue weighted by molar-refractivity contribution is 6.46. The smallest absolute Gasteiger partial charge is 0.222 e. The van der Waals surface area contributed by atoms with Gasteiger partial charge in [-0.2, -0.15) is 0 Å². The minimum Gasteiger partial charge on any atom is -0.290 e. The zero-order valence-corrected chi connectivity index (χ0v) is 15.1. The molecular formula is C21H30O2. The highest BCUT2D eigenvalue weighted by Gasteiger charge is 2.60. The van der Waals surface area contributed by atoms with E-state index in [1.54, 1.807) is 6.08 Å². The van der Waals surface area contributed by atoms with Crippen LogP contribution >= 0.6 is 0 Å². The van der Waals surface area contributed by atoms with Gasteiger partial charge in [-0.3, -0.25) is 9.59 Å². The number of hydrogen-bond donors (Lipinski definition) is 0. The minimum absolute atomic E-state index is 0.137. The average molecular weight is 314 g/mol. The molecule has 5 atom stereocenters. The first kappa shape index (κ1) is 15.6. The van der Waals surface area contributed by atoms with Crippen LogP contribution in [0, 0.1) is 34.0 Å². The maximum atomic E-state index is 12.4. The fourth-order valence-electron chi connectivity index (χ4n) is 7.23. The summed E-state index contributed by atoms with van der Waals surface area (Å²) in [5.41, 5.74) is 1.56. The fraction of sp³-hybridized carbons (Fsp3) is 0.810. The van der Waals surface area contributed by atoms with E-state index < -0.39 is 5.41 Å². The van der Waals surface area contributed by atoms with Crippen LogP contribution in [-0.2, 0) is 9.59 Å². The molecule has 0 N–H and O–H groups in total. The first-order valence-electron chi connectivity index (χ1n) is 9.51. The number of hydrogen-bond acceptors (Lipinski definition) is 2. The molecule has 0 saturated heterocycles. The maximum Gasteiger partial charge on any atom is 0.222 e. The molecule has 3 saturated carbocycles. The number of allylic oxidation sites excluding steroid dienone is 2. The van der Waals surface area contributed by atoms with Gasteiger partial charge >= 0.3 is 0 Å². The van der Waals surface area contributed by atoms with Crippen molar-refractivity contribution in [1.29, 1.82) is 0 Å². The van der Waals surface area contributed by atoms with Crippen molar-refractivity contribution in [3.8, 4) is 0 Å². The van der Waals surface area contributed by atoms with E-state index >= 15 is 0 Å². The van der Waals surface area contributed by atoms with Crippen molar-refractivity contribution in [2.24, 2.45) is 34.0 Å². The van der Waals surface area contributed by atoms with Crippen molar-refractivity contribution in [1.82, 2.24) is 0 Å². The normalized spacial score (nSPS) is 48.3. The average Bonchev–Trinajstić information content (AvgIpc) is 2.70. The topological polar surface area (TPSA) is 34.1 Å². The summed E-state index contributed by atoms with van der Waals surface area (Å²) < 4.78 is 0. The SMILES string of the molecule is CC1(C)CCC[C@@]2(C)C1CC[C@H]1C3=CC(=O)C(=O)[C@@]3(C)CC[C@@H]12. The zero-order chi connectivity index (χ0) is 16.6. The Bertz CT molecular complexity index is 613. The number of carbonyl (C=O) groups excluding carboxylic acids is 2. The summed E-state index contributed by atoms with van der Waals surface area (Å²) in [4.78, 5) is 24.5. The molecule has 0 aromatic rings. The zero-order valence-electron chi connectivity index (χ0n) is 15.1. The van der Waals surface area contributed by atoms with Gasteiger partial charge in [0.25, 0.3) is 0 Å². The second-order valence-electron chi connectivity index (χ2n) is 9.85. The van der Waals surface area contributed by atoms with Gasteiger partial charge in [-0.25, -0.2) is 0 Å². The minimum atomic E-state index is -0.467. The second kappa shape index (κ2) is 4.58. The van der Waals surface area contributed by atoms with Crippen molar-refractivity contribution in [3.05, 3.63) is 11.6 Å². The van der Waals surface area contributed by atoms with Crippen LogP contribution < -0.4 is 0 Å². The van der Waals surface area contributed by atoms with Gasteiger partial charge in [0.1, 0.15) is 0 Å². The predicted molar refractivity (Wildman–Crippen MR) is 90.9 cm³/mol. The summed E-state index contributed by atoms with van der Waals surface area (Å²) in [5.74, 6) is 1.56. The number of fused-ring (bicyclic) bond motifs is 5. The van der Waals surface area contributed by atoms with Crippen LogP contribution in [0.1, 0.15) is 72.6 Å². The molecule has 4 aliphatic carbocycles. The predicted octanol–water partition coefficient (Wildman–Crippen LogP) is 4.72. The molecule has 0 spiro atoms. The molecule has 4 aliphatic rings. The van der Waals surface area contributed by atoms with Crippen LogP contribution in [0.3, 0.4) is 0 Å². The summed E-state index contributed by atoms with van der Waals surface area (Å²) in [6, 6.07) is 0. The largest absolute Gasteiger partial charge is 0.290 e. The molecule has 0 bridgehead atoms. The summed E-state index contributed by atoms with van der Waals surface area (Å²) in [6.45, 7) is 9.48. The monoisotopic (exact) mass is 314 g/mol. The van der Waals surface area contributed by atoms with Crippen molar-refractivity contribution >= 4 is 11.6 Å². The van der Waals surface area contributed by atoms with Crippen molar-refractivity contribution < 1.29 is 9.59 Å². The molecule has 1 unspecified atom stereocenters. The Labute approximate surface area is 140 Å². The van der Waals surface area contributed by atoms with Crippen molar-refractivity contribution in [2.75, 3.05) is 0 Å². The van der Waals surface area contributed by atoms with E-state index in [9.17, 15) is 9.59 Å². The van der Waals surface area contributed by atoms with Gasteiger partial charge in [0.2, 0.25) is 11.6 Å². The Balaban J connectivity index is 1.74. The third-order valence-corrected chi connectivity index (χ3v) is 8.38. The molecule has 0 radical (unpaired) electrons. The van der Waals surface area contributed by atoms with Crippen LogP contribution in [0.4, 0.5) is 0 Å². The lowest BCUT2D eigenvalue weighted by atomic mass is 9.42. The first-order chi connectivity index (χ1) is 10.7. The molecule has 2 heteroatoms. The third kappa shape index (κ3) is 1.87. The lowest BCUT2D eigenvalue weighted by Gasteiger charge is -2.62. The van der Waals surface area contributed by atoms with E-state index in [0.29, 0.717) is 22.7 Å². The summed E-state index contributed by atoms with van der Waals surface area (Å²) >= 11 is 0. The van der Waals surface area contributed by atoms with Crippen molar-refractivity contribution in [3.63, 3.8) is 0 Å². The molecule has 0 heterocycles. The number of Topliss-reactive ketones (excluding diaryl/α,β-unsaturated/α-hetero) is 1. The van der Waals surface area contributed by atoms with E-state index in [0.717, 1.165) is 18.8 Å². The van der Waals surface area contributed by atoms with Gasteiger partial charge in [0.05, 0.1) is 5.41 Å². The molecule has 23 heavy (non-hydrogen) atoms. The quantitative estimate of drug-likeness (QED) is 0.606. The Hall–Kier alpha value is -0.920. The molecule has 0 aliphatic heterocycles. The Morgan fingerprint density at radius 3 is 2.43 bits per heavy atom. The number of rotatable bonds is 0. The van der Waals surface area contributed by atoms with Gasteiger partial charge in [-0.05, 0) is 85.7 Å². The lowest BCUT2D eigenvalue weighted by molar-refractivity contribution is -0.140. The van der Waals surface area contributed by atoms with E-state index in [2.05, 4.69) is 20.8 Å².